The summed E-state index contributed by atoms with van der Waals surface area (Å²) in [5.41, 5.74) is 2.22. The van der Waals surface area contributed by atoms with Crippen molar-refractivity contribution in [2.45, 2.75) is 63.7 Å². The van der Waals surface area contributed by atoms with Gasteiger partial charge in [-0.3, -0.25) is 0 Å². The Morgan fingerprint density at radius 2 is 1.48 bits per heavy atom. The standard InChI is InChI=1S/C22H29N/c1-2-3-17-4-8-19(9-5-17)21-12-14-22(15-13-21)20-10-6-18(16-23)7-11-20/h2,6-7,10-11,17,19,21-22H,1,3-5,8-9,12-15H2/t17-,19-,21-,22-. The smallest absolute Gasteiger partial charge is 0.0991 e. The number of nitrogens with zero attached hydrogens (tertiary/aromatic N) is 1. The molecular formula is C22H29N. The van der Waals surface area contributed by atoms with Crippen molar-refractivity contribution in [3.8, 4) is 6.07 Å². The molecule has 2 aliphatic carbocycles. The van der Waals surface area contributed by atoms with Crippen LogP contribution < -0.4 is 0 Å². The number of rotatable bonds is 4. The van der Waals surface area contributed by atoms with Crippen LogP contribution in [0.5, 0.6) is 0 Å². The molecule has 0 aromatic heterocycles. The normalized spacial score (nSPS) is 31.3. The molecule has 0 aliphatic heterocycles. The van der Waals surface area contributed by atoms with E-state index in [1.807, 2.05) is 12.1 Å². The van der Waals surface area contributed by atoms with Crippen molar-refractivity contribution in [1.29, 1.82) is 5.26 Å². The molecule has 0 bridgehead atoms. The van der Waals surface area contributed by atoms with Crippen LogP contribution in [0, 0.1) is 29.1 Å². The monoisotopic (exact) mass is 307 g/mol. The summed E-state index contributed by atoms with van der Waals surface area (Å²) in [4.78, 5) is 0. The second kappa shape index (κ2) is 7.82. The van der Waals surface area contributed by atoms with Gasteiger partial charge in [0.05, 0.1) is 11.6 Å². The van der Waals surface area contributed by atoms with Crippen LogP contribution in [-0.2, 0) is 0 Å². The van der Waals surface area contributed by atoms with Crippen LogP contribution in [0.15, 0.2) is 36.9 Å². The molecule has 0 atom stereocenters. The van der Waals surface area contributed by atoms with Crippen LogP contribution in [0.25, 0.3) is 0 Å². The van der Waals surface area contributed by atoms with Crippen LogP contribution in [0.4, 0.5) is 0 Å². The van der Waals surface area contributed by atoms with E-state index in [0.29, 0.717) is 0 Å². The molecule has 2 saturated carbocycles. The molecule has 2 aliphatic rings. The van der Waals surface area contributed by atoms with Gasteiger partial charge >= 0.3 is 0 Å². The van der Waals surface area contributed by atoms with Crippen molar-refractivity contribution >= 4 is 0 Å². The number of nitriles is 1. The van der Waals surface area contributed by atoms with E-state index >= 15 is 0 Å². The lowest BCUT2D eigenvalue weighted by atomic mass is 9.68. The molecule has 0 heterocycles. The van der Waals surface area contributed by atoms with E-state index in [4.69, 9.17) is 5.26 Å². The second-order valence-electron chi connectivity index (χ2n) is 7.65. The van der Waals surface area contributed by atoms with Gasteiger partial charge in [0.15, 0.2) is 0 Å². The lowest BCUT2D eigenvalue weighted by Gasteiger charge is -2.38. The molecular weight excluding hydrogens is 278 g/mol. The average molecular weight is 307 g/mol. The molecule has 0 N–H and O–H groups in total. The fourth-order valence-corrected chi connectivity index (χ4v) is 4.88. The SMILES string of the molecule is C=CC[C@H]1CC[C@H]([C@H]2CC[C@H](c3ccc(C#N)cc3)CC2)CC1. The molecule has 1 nitrogen and oxygen atoms in total. The molecule has 1 heteroatoms. The van der Waals surface area contributed by atoms with E-state index in [0.717, 1.165) is 29.2 Å². The first-order valence-electron chi connectivity index (χ1n) is 9.41. The Labute approximate surface area is 141 Å². The Balaban J connectivity index is 1.48. The molecule has 1 aromatic carbocycles. The van der Waals surface area contributed by atoms with Crippen LogP contribution >= 0.6 is 0 Å². The maximum atomic E-state index is 8.91. The van der Waals surface area contributed by atoms with Gasteiger partial charge in [-0.1, -0.05) is 18.2 Å². The lowest BCUT2D eigenvalue weighted by Crippen LogP contribution is -2.25. The van der Waals surface area contributed by atoms with E-state index in [2.05, 4.69) is 30.9 Å². The summed E-state index contributed by atoms with van der Waals surface area (Å²) < 4.78 is 0. The maximum Gasteiger partial charge on any atom is 0.0991 e. The number of hydrogen-bond donors (Lipinski definition) is 0. The van der Waals surface area contributed by atoms with Gasteiger partial charge in [-0.05, 0) is 99.2 Å². The highest BCUT2D eigenvalue weighted by Gasteiger charge is 2.30. The molecule has 0 spiro atoms. The summed E-state index contributed by atoms with van der Waals surface area (Å²) in [5, 5.41) is 8.91. The largest absolute Gasteiger partial charge is 0.192 e. The highest BCUT2D eigenvalue weighted by Crippen LogP contribution is 2.44. The summed E-state index contributed by atoms with van der Waals surface area (Å²) in [6.45, 7) is 3.89. The van der Waals surface area contributed by atoms with Gasteiger partial charge in [-0.2, -0.15) is 5.26 Å². The summed E-state index contributed by atoms with van der Waals surface area (Å²) in [7, 11) is 0. The molecule has 122 valence electrons. The number of benzene rings is 1. The first-order chi connectivity index (χ1) is 11.3. The highest BCUT2D eigenvalue weighted by molar-refractivity contribution is 5.33. The van der Waals surface area contributed by atoms with E-state index in [1.165, 1.54) is 63.4 Å². The first kappa shape index (κ1) is 16.3. The van der Waals surface area contributed by atoms with Crippen LogP contribution in [0.2, 0.25) is 0 Å². The predicted octanol–water partition coefficient (Wildman–Crippen LogP) is 6.21. The summed E-state index contributed by atoms with van der Waals surface area (Å²) in [6.07, 6.45) is 14.6. The average Bonchev–Trinajstić information content (AvgIpc) is 2.63. The fraction of sp³-hybridized carbons (Fsp3) is 0.591. The quantitative estimate of drug-likeness (QED) is 0.606. The van der Waals surface area contributed by atoms with Crippen molar-refractivity contribution in [2.75, 3.05) is 0 Å². The van der Waals surface area contributed by atoms with Crippen molar-refractivity contribution in [3.05, 3.63) is 48.0 Å². The molecule has 1 aromatic rings. The molecule has 23 heavy (non-hydrogen) atoms. The molecule has 2 fully saturated rings. The lowest BCUT2D eigenvalue weighted by molar-refractivity contribution is 0.161. The van der Waals surface area contributed by atoms with Gasteiger partial charge in [0.2, 0.25) is 0 Å². The Morgan fingerprint density at radius 3 is 2.00 bits per heavy atom. The van der Waals surface area contributed by atoms with E-state index in [1.54, 1.807) is 0 Å². The van der Waals surface area contributed by atoms with Crippen LogP contribution in [0.3, 0.4) is 0 Å². The van der Waals surface area contributed by atoms with Gasteiger partial charge < -0.3 is 0 Å². The topological polar surface area (TPSA) is 23.8 Å². The zero-order valence-corrected chi connectivity index (χ0v) is 14.2. The summed E-state index contributed by atoms with van der Waals surface area (Å²) in [6, 6.07) is 10.5. The zero-order valence-electron chi connectivity index (χ0n) is 14.2. The van der Waals surface area contributed by atoms with Gasteiger partial charge in [0.1, 0.15) is 0 Å². The Bertz CT molecular complexity index is 534. The molecule has 0 saturated heterocycles. The summed E-state index contributed by atoms with van der Waals surface area (Å²) >= 11 is 0. The highest BCUT2D eigenvalue weighted by atomic mass is 14.4. The predicted molar refractivity (Wildman–Crippen MR) is 96.1 cm³/mol. The second-order valence-corrected chi connectivity index (χ2v) is 7.65. The number of hydrogen-bond acceptors (Lipinski definition) is 1. The molecule has 0 amide bonds. The van der Waals surface area contributed by atoms with E-state index in [9.17, 15) is 0 Å². The van der Waals surface area contributed by atoms with Gasteiger partial charge in [-0.15, -0.1) is 6.58 Å². The first-order valence-corrected chi connectivity index (χ1v) is 9.41. The van der Waals surface area contributed by atoms with Gasteiger partial charge in [0.25, 0.3) is 0 Å². The van der Waals surface area contributed by atoms with Crippen LogP contribution in [0.1, 0.15) is 74.8 Å². The van der Waals surface area contributed by atoms with Crippen molar-refractivity contribution in [2.24, 2.45) is 17.8 Å². The minimum Gasteiger partial charge on any atom is -0.192 e. The zero-order chi connectivity index (χ0) is 16.1. The van der Waals surface area contributed by atoms with Crippen LogP contribution in [-0.4, -0.2) is 0 Å². The Hall–Kier alpha value is -1.55. The minimum atomic E-state index is 0.719. The molecule has 3 rings (SSSR count). The van der Waals surface area contributed by atoms with E-state index < -0.39 is 0 Å². The fourth-order valence-electron chi connectivity index (χ4n) is 4.88. The molecule has 0 unspecified atom stereocenters. The number of allylic oxidation sites excluding steroid dienone is 1. The summed E-state index contributed by atoms with van der Waals surface area (Å²) in [5.74, 6) is 3.59. The Morgan fingerprint density at radius 1 is 0.913 bits per heavy atom. The minimum absolute atomic E-state index is 0.719. The maximum absolute atomic E-state index is 8.91. The third kappa shape index (κ3) is 4.05. The third-order valence-electron chi connectivity index (χ3n) is 6.34. The molecule has 0 radical (unpaired) electrons. The van der Waals surface area contributed by atoms with E-state index in [-0.39, 0.29) is 0 Å². The van der Waals surface area contributed by atoms with Crippen molar-refractivity contribution < 1.29 is 0 Å². The van der Waals surface area contributed by atoms with Crippen molar-refractivity contribution in [1.82, 2.24) is 0 Å². The third-order valence-corrected chi connectivity index (χ3v) is 6.34. The Kier molecular flexibility index (Phi) is 5.55. The van der Waals surface area contributed by atoms with Gasteiger partial charge in [-0.25, -0.2) is 0 Å². The van der Waals surface area contributed by atoms with Crippen molar-refractivity contribution in [3.63, 3.8) is 0 Å². The van der Waals surface area contributed by atoms with Gasteiger partial charge in [0, 0.05) is 0 Å².